The molecule has 1 aromatic rings. The van der Waals surface area contributed by atoms with Crippen LogP contribution in [-0.4, -0.2) is 34.3 Å². The largest absolute Gasteiger partial charge is 0.385 e. The summed E-state index contributed by atoms with van der Waals surface area (Å²) in [5.41, 5.74) is 7.62. The maximum atomic E-state index is 12.2. The first kappa shape index (κ1) is 23.0. The first-order valence-corrected chi connectivity index (χ1v) is 10.9. The van der Waals surface area contributed by atoms with E-state index in [4.69, 9.17) is 10.6 Å². The molecule has 0 spiro atoms. The Bertz CT molecular complexity index is 849. The lowest BCUT2D eigenvalue weighted by atomic mass is 9.68. The van der Waals surface area contributed by atoms with E-state index < -0.39 is 11.5 Å². The quantitative estimate of drug-likeness (QED) is 0.743. The molecule has 1 aromatic carbocycles. The molecule has 0 unspecified atom stereocenters. The summed E-state index contributed by atoms with van der Waals surface area (Å²) in [5, 5.41) is 13.8. The van der Waals surface area contributed by atoms with E-state index in [0.29, 0.717) is 18.4 Å². The van der Waals surface area contributed by atoms with Gasteiger partial charge in [-0.2, -0.15) is 5.06 Å². The highest BCUT2D eigenvalue weighted by atomic mass is 16.7. The molecule has 0 atom stereocenters. The molecule has 2 aliphatic rings. The normalized spacial score (nSPS) is 24.9. The van der Waals surface area contributed by atoms with Gasteiger partial charge >= 0.3 is 0 Å². The zero-order valence-corrected chi connectivity index (χ0v) is 19.6. The van der Waals surface area contributed by atoms with Crippen LogP contribution in [0.1, 0.15) is 95.1 Å². The van der Waals surface area contributed by atoms with Crippen molar-refractivity contribution in [1.82, 2.24) is 5.06 Å². The number of carbonyl (C=O) groups is 1. The van der Waals surface area contributed by atoms with Crippen LogP contribution in [0.2, 0.25) is 0 Å². The molecule has 5 heteroatoms. The van der Waals surface area contributed by atoms with Crippen molar-refractivity contribution >= 4 is 11.5 Å². The third kappa shape index (κ3) is 4.20. The number of primary amides is 1. The number of carbonyl (C=O) groups excluding carboxylic acids is 1. The molecule has 1 fully saturated rings. The predicted octanol–water partition coefficient (Wildman–Crippen LogP) is 4.78. The first-order chi connectivity index (χ1) is 13.7. The van der Waals surface area contributed by atoms with Gasteiger partial charge in [0.15, 0.2) is 0 Å². The predicted molar refractivity (Wildman–Crippen MR) is 121 cm³/mol. The number of hydroxylamine groups is 2. The number of nitrogens with zero attached hydrogens (tertiary/aromatic N) is 1. The standard InChI is InChI=1S/C25H38N2O3/c1-22(2)12-10-17(11-13-22)20-14-18(8-9-19(20)21(26)28)25(29)15-23(3,4)27(30-7)24(5,6)16-25/h8-10,14,29H,11-13,15-16H2,1-7H3,(H2,26,28). The number of allylic oxidation sites excluding steroid dienone is 2. The smallest absolute Gasteiger partial charge is 0.249 e. The van der Waals surface area contributed by atoms with Gasteiger partial charge in [0.25, 0.3) is 0 Å². The summed E-state index contributed by atoms with van der Waals surface area (Å²) in [6.45, 7) is 12.9. The Hall–Kier alpha value is -1.69. The maximum absolute atomic E-state index is 12.2. The molecular formula is C25H38N2O3. The maximum Gasteiger partial charge on any atom is 0.249 e. The van der Waals surface area contributed by atoms with Crippen LogP contribution in [0.15, 0.2) is 24.3 Å². The van der Waals surface area contributed by atoms with Gasteiger partial charge in [-0.3, -0.25) is 4.79 Å². The summed E-state index contributed by atoms with van der Waals surface area (Å²) in [6.07, 6.45) is 6.23. The van der Waals surface area contributed by atoms with E-state index in [1.165, 1.54) is 0 Å². The fourth-order valence-corrected chi connectivity index (χ4v) is 5.79. The Morgan fingerprint density at radius 2 is 1.70 bits per heavy atom. The fourth-order valence-electron chi connectivity index (χ4n) is 5.79. The molecule has 0 radical (unpaired) electrons. The van der Waals surface area contributed by atoms with Gasteiger partial charge in [-0.05, 0) is 81.2 Å². The van der Waals surface area contributed by atoms with E-state index in [-0.39, 0.29) is 16.5 Å². The van der Waals surface area contributed by atoms with Crippen molar-refractivity contribution in [3.8, 4) is 0 Å². The van der Waals surface area contributed by atoms with Gasteiger partial charge in [0.05, 0.1) is 12.7 Å². The highest BCUT2D eigenvalue weighted by molar-refractivity contribution is 5.98. The van der Waals surface area contributed by atoms with E-state index in [1.54, 1.807) is 13.2 Å². The number of hydrogen-bond donors (Lipinski definition) is 2. The summed E-state index contributed by atoms with van der Waals surface area (Å²) < 4.78 is 0. The van der Waals surface area contributed by atoms with Crippen LogP contribution in [0.25, 0.3) is 5.57 Å². The summed E-state index contributed by atoms with van der Waals surface area (Å²) in [5.74, 6) is -0.427. The summed E-state index contributed by atoms with van der Waals surface area (Å²) in [4.78, 5) is 17.8. The van der Waals surface area contributed by atoms with Crippen LogP contribution in [0, 0.1) is 5.41 Å². The van der Waals surface area contributed by atoms with E-state index in [1.807, 2.05) is 17.2 Å². The average Bonchev–Trinajstić information content (AvgIpc) is 2.59. The number of piperidine rings is 1. The monoisotopic (exact) mass is 414 g/mol. The number of aliphatic hydroxyl groups is 1. The van der Waals surface area contributed by atoms with Crippen molar-refractivity contribution in [3.05, 3.63) is 41.0 Å². The van der Waals surface area contributed by atoms with E-state index >= 15 is 0 Å². The number of nitrogens with two attached hydrogens (primary N) is 1. The average molecular weight is 415 g/mol. The highest BCUT2D eigenvalue weighted by Gasteiger charge is 2.53. The molecular weight excluding hydrogens is 376 g/mol. The van der Waals surface area contributed by atoms with Crippen LogP contribution >= 0.6 is 0 Å². The molecule has 166 valence electrons. The highest BCUT2D eigenvalue weighted by Crippen LogP contribution is 2.49. The molecule has 0 aromatic heterocycles. The Kier molecular flexibility index (Phi) is 5.72. The Morgan fingerprint density at radius 3 is 2.17 bits per heavy atom. The van der Waals surface area contributed by atoms with Crippen molar-refractivity contribution in [2.45, 2.75) is 90.3 Å². The molecule has 1 saturated heterocycles. The topological polar surface area (TPSA) is 75.8 Å². The van der Waals surface area contributed by atoms with Gasteiger partial charge in [0.1, 0.15) is 0 Å². The second-order valence-corrected chi connectivity index (χ2v) is 11.2. The third-order valence-corrected chi connectivity index (χ3v) is 6.87. The molecule has 0 saturated carbocycles. The lowest BCUT2D eigenvalue weighted by Crippen LogP contribution is -2.63. The van der Waals surface area contributed by atoms with Crippen LogP contribution in [0.3, 0.4) is 0 Å². The van der Waals surface area contributed by atoms with Crippen molar-refractivity contribution in [3.63, 3.8) is 0 Å². The van der Waals surface area contributed by atoms with E-state index in [0.717, 1.165) is 36.0 Å². The second-order valence-electron chi connectivity index (χ2n) is 11.2. The number of hydrogen-bond acceptors (Lipinski definition) is 4. The summed E-state index contributed by atoms with van der Waals surface area (Å²) in [6, 6.07) is 5.65. The third-order valence-electron chi connectivity index (χ3n) is 6.87. The van der Waals surface area contributed by atoms with Gasteiger partial charge < -0.3 is 15.7 Å². The summed E-state index contributed by atoms with van der Waals surface area (Å²) >= 11 is 0. The minimum Gasteiger partial charge on any atom is -0.385 e. The SMILES string of the molecule is CON1C(C)(C)CC(O)(c2ccc(C(N)=O)c(C3=CCC(C)(C)CC3)c2)CC1(C)C. The first-order valence-electron chi connectivity index (χ1n) is 10.9. The zero-order valence-electron chi connectivity index (χ0n) is 19.6. The van der Waals surface area contributed by atoms with Gasteiger partial charge in [-0.25, -0.2) is 0 Å². The minimum absolute atomic E-state index is 0.271. The minimum atomic E-state index is -1.03. The van der Waals surface area contributed by atoms with Crippen molar-refractivity contribution in [2.24, 2.45) is 11.1 Å². The number of rotatable bonds is 4. The number of benzene rings is 1. The van der Waals surface area contributed by atoms with Gasteiger partial charge in [-0.15, -0.1) is 0 Å². The molecule has 5 nitrogen and oxygen atoms in total. The van der Waals surface area contributed by atoms with Crippen LogP contribution in [0.5, 0.6) is 0 Å². The molecule has 1 aliphatic heterocycles. The van der Waals surface area contributed by atoms with Crippen LogP contribution in [0.4, 0.5) is 0 Å². The van der Waals surface area contributed by atoms with E-state index in [9.17, 15) is 9.90 Å². The Balaban J connectivity index is 2.07. The zero-order chi connectivity index (χ0) is 22.5. The van der Waals surface area contributed by atoms with Crippen molar-refractivity contribution in [2.75, 3.05) is 7.11 Å². The molecule has 1 amide bonds. The lowest BCUT2D eigenvalue weighted by Gasteiger charge is -2.56. The fraction of sp³-hybridized carbons (Fsp3) is 0.640. The van der Waals surface area contributed by atoms with Crippen molar-refractivity contribution < 1.29 is 14.7 Å². The Labute approximate surface area is 181 Å². The van der Waals surface area contributed by atoms with Crippen LogP contribution < -0.4 is 5.73 Å². The lowest BCUT2D eigenvalue weighted by molar-refractivity contribution is -0.294. The second kappa shape index (κ2) is 7.47. The van der Waals surface area contributed by atoms with Crippen molar-refractivity contribution in [1.29, 1.82) is 0 Å². The van der Waals surface area contributed by atoms with E-state index in [2.05, 4.69) is 47.6 Å². The van der Waals surface area contributed by atoms with Gasteiger partial charge in [-0.1, -0.05) is 26.0 Å². The molecule has 0 bridgehead atoms. The molecule has 1 aliphatic carbocycles. The molecule has 3 rings (SSSR count). The molecule has 3 N–H and O–H groups in total. The van der Waals surface area contributed by atoms with Gasteiger partial charge in [0.2, 0.25) is 5.91 Å². The number of amides is 1. The van der Waals surface area contributed by atoms with Gasteiger partial charge in [0, 0.05) is 29.5 Å². The summed E-state index contributed by atoms with van der Waals surface area (Å²) in [7, 11) is 1.69. The van der Waals surface area contributed by atoms with Crippen LogP contribution in [-0.2, 0) is 10.4 Å². The Morgan fingerprint density at radius 1 is 1.10 bits per heavy atom. The molecule has 30 heavy (non-hydrogen) atoms. The molecule has 1 heterocycles.